The van der Waals surface area contributed by atoms with Crippen LogP contribution in [0.25, 0.3) is 11.3 Å². The lowest BCUT2D eigenvalue weighted by Gasteiger charge is -2.12. The maximum absolute atomic E-state index is 13.7. The van der Waals surface area contributed by atoms with Crippen LogP contribution in [-0.4, -0.2) is 29.1 Å². The number of halogens is 2. The van der Waals surface area contributed by atoms with E-state index in [9.17, 15) is 13.6 Å². The Hall–Kier alpha value is -1.86. The van der Waals surface area contributed by atoms with Crippen molar-refractivity contribution in [3.05, 3.63) is 47.7 Å². The quantitative estimate of drug-likeness (QED) is 0.769. The van der Waals surface area contributed by atoms with Crippen molar-refractivity contribution in [1.82, 2.24) is 5.32 Å². The summed E-state index contributed by atoms with van der Waals surface area (Å²) in [4.78, 5) is 11.1. The van der Waals surface area contributed by atoms with Crippen LogP contribution < -0.4 is 5.32 Å². The van der Waals surface area contributed by atoms with Gasteiger partial charge in [0.05, 0.1) is 12.1 Å². The molecule has 0 saturated heterocycles. The molecule has 0 bridgehead atoms. The lowest BCUT2D eigenvalue weighted by molar-refractivity contribution is -0.139. The molecule has 0 saturated carbocycles. The lowest BCUT2D eigenvalue weighted by atomic mass is 10.1. The number of aliphatic carboxylic acids is 1. The molecule has 1 heterocycles. The van der Waals surface area contributed by atoms with Crippen molar-refractivity contribution in [1.29, 1.82) is 0 Å². The minimum Gasteiger partial charge on any atom is -0.480 e. The van der Waals surface area contributed by atoms with Crippen molar-refractivity contribution in [3.63, 3.8) is 0 Å². The Morgan fingerprint density at radius 1 is 1.30 bits per heavy atom. The van der Waals surface area contributed by atoms with Crippen molar-refractivity contribution in [2.24, 2.45) is 0 Å². The van der Waals surface area contributed by atoms with Gasteiger partial charge in [0.25, 0.3) is 0 Å². The van der Waals surface area contributed by atoms with E-state index in [2.05, 4.69) is 5.32 Å². The van der Waals surface area contributed by atoms with E-state index in [1.807, 2.05) is 6.26 Å². The number of hydrogen-bond donors (Lipinski definition) is 2. The van der Waals surface area contributed by atoms with Crippen LogP contribution in [0.4, 0.5) is 8.78 Å². The molecule has 0 fully saturated rings. The summed E-state index contributed by atoms with van der Waals surface area (Å²) in [7, 11) is 0. The van der Waals surface area contributed by atoms with Crippen molar-refractivity contribution in [3.8, 4) is 11.3 Å². The molecule has 2 rings (SSSR count). The predicted octanol–water partition coefficient (Wildman–Crippen LogP) is 3.52. The Kier molecular flexibility index (Phi) is 6.18. The second kappa shape index (κ2) is 8.12. The van der Waals surface area contributed by atoms with Gasteiger partial charge in [-0.2, -0.15) is 11.8 Å². The van der Waals surface area contributed by atoms with E-state index in [1.165, 1.54) is 12.1 Å². The number of benzene rings is 1. The zero-order valence-corrected chi connectivity index (χ0v) is 13.3. The van der Waals surface area contributed by atoms with Crippen molar-refractivity contribution in [2.75, 3.05) is 12.0 Å². The predicted molar refractivity (Wildman–Crippen MR) is 85.3 cm³/mol. The molecule has 0 aliphatic heterocycles. The molecule has 0 spiro atoms. The first-order valence-corrected chi connectivity index (χ1v) is 8.40. The van der Waals surface area contributed by atoms with Gasteiger partial charge >= 0.3 is 5.97 Å². The van der Waals surface area contributed by atoms with E-state index in [1.54, 1.807) is 17.8 Å². The zero-order valence-electron chi connectivity index (χ0n) is 12.5. The minimum atomic E-state index is -0.939. The lowest BCUT2D eigenvalue weighted by Crippen LogP contribution is -2.36. The van der Waals surface area contributed by atoms with Gasteiger partial charge in [0, 0.05) is 0 Å². The molecular formula is C16H17F2NO3S. The van der Waals surface area contributed by atoms with Crippen LogP contribution in [0.3, 0.4) is 0 Å². The van der Waals surface area contributed by atoms with Gasteiger partial charge in [0.2, 0.25) is 0 Å². The van der Waals surface area contributed by atoms with E-state index in [0.717, 1.165) is 12.1 Å². The van der Waals surface area contributed by atoms with Crippen molar-refractivity contribution >= 4 is 17.7 Å². The molecule has 0 radical (unpaired) electrons. The molecule has 2 aromatic rings. The van der Waals surface area contributed by atoms with E-state index >= 15 is 0 Å². The average molecular weight is 341 g/mol. The fourth-order valence-electron chi connectivity index (χ4n) is 2.11. The third-order valence-corrected chi connectivity index (χ3v) is 3.95. The Balaban J connectivity index is 2.06. The van der Waals surface area contributed by atoms with Gasteiger partial charge in [-0.05, 0) is 42.7 Å². The second-order valence-electron chi connectivity index (χ2n) is 4.92. The molecule has 124 valence electrons. The number of hydrogen-bond acceptors (Lipinski definition) is 4. The molecule has 1 atom stereocenters. The summed E-state index contributed by atoms with van der Waals surface area (Å²) in [6.07, 6.45) is 2.38. The highest BCUT2D eigenvalue weighted by atomic mass is 32.2. The Labute approximate surface area is 136 Å². The van der Waals surface area contributed by atoms with Crippen LogP contribution in [-0.2, 0) is 11.3 Å². The summed E-state index contributed by atoms with van der Waals surface area (Å²) in [5.41, 5.74) is -0.226. The zero-order chi connectivity index (χ0) is 16.8. The number of carboxylic acid groups (broad SMARTS) is 1. The molecule has 2 N–H and O–H groups in total. The van der Waals surface area contributed by atoms with Gasteiger partial charge in [-0.1, -0.05) is 6.07 Å². The number of furan rings is 1. The summed E-state index contributed by atoms with van der Waals surface area (Å²) >= 11 is 1.56. The summed E-state index contributed by atoms with van der Waals surface area (Å²) < 4.78 is 32.8. The first kappa shape index (κ1) is 17.5. The van der Waals surface area contributed by atoms with Gasteiger partial charge in [0.1, 0.15) is 29.2 Å². The van der Waals surface area contributed by atoms with Crippen LogP contribution in [0.15, 0.2) is 34.7 Å². The summed E-state index contributed by atoms with van der Waals surface area (Å²) in [5.74, 6) is -1.14. The molecule has 0 amide bonds. The standard InChI is InChI=1S/C16H17F2NO3S/c1-23-8-7-13(16(20)21)19-9-10-5-6-14(22-10)15-11(17)3-2-4-12(15)18/h2-6,13,19H,7-9H2,1H3,(H,20,21)/t13-/m0/s1. The van der Waals surface area contributed by atoms with Crippen LogP contribution in [0.5, 0.6) is 0 Å². The first-order valence-electron chi connectivity index (χ1n) is 7.01. The molecule has 0 aliphatic rings. The highest BCUT2D eigenvalue weighted by molar-refractivity contribution is 7.98. The summed E-state index contributed by atoms with van der Waals surface area (Å²) in [6, 6.07) is 5.94. The summed E-state index contributed by atoms with van der Waals surface area (Å²) in [6.45, 7) is 0.168. The first-order chi connectivity index (χ1) is 11.0. The van der Waals surface area contributed by atoms with Crippen LogP contribution in [0, 0.1) is 11.6 Å². The van der Waals surface area contributed by atoms with E-state index in [0.29, 0.717) is 17.9 Å². The highest BCUT2D eigenvalue weighted by Crippen LogP contribution is 2.27. The largest absolute Gasteiger partial charge is 0.480 e. The number of carbonyl (C=O) groups is 1. The fraction of sp³-hybridized carbons (Fsp3) is 0.312. The van der Waals surface area contributed by atoms with Gasteiger partial charge < -0.3 is 9.52 Å². The number of nitrogens with one attached hydrogen (secondary N) is 1. The molecule has 23 heavy (non-hydrogen) atoms. The van der Waals surface area contributed by atoms with E-state index < -0.39 is 23.6 Å². The maximum atomic E-state index is 13.7. The minimum absolute atomic E-state index is 0.0772. The molecule has 1 aromatic heterocycles. The number of rotatable bonds is 8. The second-order valence-corrected chi connectivity index (χ2v) is 5.90. The normalized spacial score (nSPS) is 12.3. The smallest absolute Gasteiger partial charge is 0.320 e. The topological polar surface area (TPSA) is 62.5 Å². The number of carboxylic acids is 1. The van der Waals surface area contributed by atoms with Gasteiger partial charge in [-0.3, -0.25) is 10.1 Å². The Bertz CT molecular complexity index is 655. The van der Waals surface area contributed by atoms with E-state index in [-0.39, 0.29) is 17.9 Å². The van der Waals surface area contributed by atoms with Crippen LogP contribution in [0.2, 0.25) is 0 Å². The molecule has 4 nitrogen and oxygen atoms in total. The molecule has 0 aliphatic carbocycles. The van der Waals surface area contributed by atoms with Crippen LogP contribution >= 0.6 is 11.8 Å². The van der Waals surface area contributed by atoms with Gasteiger partial charge in [-0.15, -0.1) is 0 Å². The highest BCUT2D eigenvalue weighted by Gasteiger charge is 2.18. The molecule has 7 heteroatoms. The summed E-state index contributed by atoms with van der Waals surface area (Å²) in [5, 5.41) is 12.0. The monoisotopic (exact) mass is 341 g/mol. The van der Waals surface area contributed by atoms with Crippen molar-refractivity contribution in [2.45, 2.75) is 19.0 Å². The molecular weight excluding hydrogens is 324 g/mol. The van der Waals surface area contributed by atoms with Crippen LogP contribution in [0.1, 0.15) is 12.2 Å². The molecule has 1 aromatic carbocycles. The maximum Gasteiger partial charge on any atom is 0.320 e. The average Bonchev–Trinajstić information content (AvgIpc) is 2.95. The third kappa shape index (κ3) is 4.56. The van der Waals surface area contributed by atoms with Gasteiger partial charge in [0.15, 0.2) is 0 Å². The SMILES string of the molecule is CSCC[C@H](NCc1ccc(-c2c(F)cccc2F)o1)C(=O)O. The Morgan fingerprint density at radius 2 is 2.00 bits per heavy atom. The third-order valence-electron chi connectivity index (χ3n) is 3.30. The molecule has 0 unspecified atom stereocenters. The van der Waals surface area contributed by atoms with Crippen molar-refractivity contribution < 1.29 is 23.1 Å². The van der Waals surface area contributed by atoms with E-state index in [4.69, 9.17) is 9.52 Å². The fourth-order valence-corrected chi connectivity index (χ4v) is 2.58. The van der Waals surface area contributed by atoms with Gasteiger partial charge in [-0.25, -0.2) is 8.78 Å². The number of thioether (sulfide) groups is 1. The Morgan fingerprint density at radius 3 is 2.61 bits per heavy atom.